The van der Waals surface area contributed by atoms with Crippen LogP contribution in [0.15, 0.2) is 24.3 Å². The van der Waals surface area contributed by atoms with Crippen LogP contribution in [0.5, 0.6) is 0 Å². The molecule has 0 radical (unpaired) electrons. The van der Waals surface area contributed by atoms with Crippen LogP contribution in [-0.4, -0.2) is 44.3 Å². The Kier molecular flexibility index (Phi) is 4.10. The van der Waals surface area contributed by atoms with Gasteiger partial charge in [0.25, 0.3) is 0 Å². The predicted molar refractivity (Wildman–Crippen MR) is 85.1 cm³/mol. The van der Waals surface area contributed by atoms with Gasteiger partial charge in [0.2, 0.25) is 15.9 Å². The molecule has 1 aromatic rings. The molecule has 2 fully saturated rings. The van der Waals surface area contributed by atoms with Gasteiger partial charge >= 0.3 is 0 Å². The summed E-state index contributed by atoms with van der Waals surface area (Å²) in [6.45, 7) is 0.501. The van der Waals surface area contributed by atoms with E-state index in [1.165, 1.54) is 4.31 Å². The summed E-state index contributed by atoms with van der Waals surface area (Å²) < 4.78 is 25.3. The second kappa shape index (κ2) is 5.86. The first kappa shape index (κ1) is 14.7. The average molecular weight is 327 g/mol. The molecule has 2 aliphatic heterocycles. The lowest BCUT2D eigenvalue weighted by atomic mass is 10.2. The monoisotopic (exact) mass is 327 g/mol. The highest BCUT2D eigenvalue weighted by atomic mass is 32.2. The fraction of sp³-hybridized carbons (Fsp3) is 0.462. The van der Waals surface area contributed by atoms with Gasteiger partial charge in [0, 0.05) is 23.9 Å². The number of nitrogens with zero attached hydrogens (tertiary/aromatic N) is 1. The first-order chi connectivity index (χ1) is 10.1. The Bertz CT molecular complexity index is 642. The number of nitrogens with one attached hydrogen (secondary N) is 2. The maximum Gasteiger partial charge on any atom is 0.242 e. The van der Waals surface area contributed by atoms with Gasteiger partial charge in [-0.3, -0.25) is 14.4 Å². The average Bonchev–Trinajstić information content (AvgIpc) is 3.08. The maximum absolute atomic E-state index is 12.1. The van der Waals surface area contributed by atoms with E-state index in [4.69, 9.17) is 0 Å². The third kappa shape index (κ3) is 3.17. The minimum Gasteiger partial charge on any atom is -0.325 e. The predicted octanol–water partition coefficient (Wildman–Crippen LogP) is 0.827. The van der Waals surface area contributed by atoms with Gasteiger partial charge in [0.05, 0.1) is 17.5 Å². The van der Waals surface area contributed by atoms with Crippen molar-refractivity contribution >= 4 is 39.1 Å². The van der Waals surface area contributed by atoms with Crippen LogP contribution >= 0.6 is 11.8 Å². The molecule has 21 heavy (non-hydrogen) atoms. The number of amides is 1. The van der Waals surface area contributed by atoms with E-state index >= 15 is 0 Å². The van der Waals surface area contributed by atoms with Crippen LogP contribution in [0, 0.1) is 0 Å². The van der Waals surface area contributed by atoms with Crippen molar-refractivity contribution in [3.63, 3.8) is 0 Å². The van der Waals surface area contributed by atoms with Crippen molar-refractivity contribution < 1.29 is 13.2 Å². The van der Waals surface area contributed by atoms with Crippen LogP contribution < -0.4 is 14.9 Å². The normalized spacial score (nSPS) is 24.2. The molecule has 1 aromatic carbocycles. The highest BCUT2D eigenvalue weighted by Gasteiger charge is 2.28. The van der Waals surface area contributed by atoms with E-state index in [1.807, 2.05) is 0 Å². The lowest BCUT2D eigenvalue weighted by molar-refractivity contribution is -0.117. The van der Waals surface area contributed by atoms with E-state index < -0.39 is 10.0 Å². The van der Waals surface area contributed by atoms with Crippen LogP contribution in [-0.2, 0) is 14.8 Å². The van der Waals surface area contributed by atoms with Crippen LogP contribution in [0.4, 0.5) is 11.4 Å². The topological polar surface area (TPSA) is 78.5 Å². The van der Waals surface area contributed by atoms with Crippen molar-refractivity contribution in [1.29, 1.82) is 0 Å². The molecule has 3 rings (SSSR count). The van der Waals surface area contributed by atoms with Gasteiger partial charge in [-0.05, 0) is 24.6 Å². The number of hydrogen-bond acceptors (Lipinski definition) is 5. The van der Waals surface area contributed by atoms with Crippen molar-refractivity contribution in [2.45, 2.75) is 12.5 Å². The van der Waals surface area contributed by atoms with E-state index in [1.54, 1.807) is 36.0 Å². The number of thioether (sulfide) groups is 1. The quantitative estimate of drug-likeness (QED) is 0.860. The lowest BCUT2D eigenvalue weighted by Crippen LogP contribution is -2.37. The van der Waals surface area contributed by atoms with E-state index in [2.05, 4.69) is 10.6 Å². The lowest BCUT2D eigenvalue weighted by Gasteiger charge is -2.18. The second-order valence-electron chi connectivity index (χ2n) is 5.05. The van der Waals surface area contributed by atoms with Gasteiger partial charge in [-0.25, -0.2) is 8.42 Å². The molecule has 1 unspecified atom stereocenters. The summed E-state index contributed by atoms with van der Waals surface area (Å²) in [7, 11) is -3.20. The molecule has 1 atom stereocenters. The van der Waals surface area contributed by atoms with Crippen LogP contribution in [0.25, 0.3) is 0 Å². The number of carbonyl (C=O) groups is 1. The van der Waals surface area contributed by atoms with E-state index in [0.29, 0.717) is 24.3 Å². The number of hydrogen-bond donors (Lipinski definition) is 2. The Morgan fingerprint density at radius 1 is 1.43 bits per heavy atom. The largest absolute Gasteiger partial charge is 0.325 e. The molecule has 0 aromatic heterocycles. The SMILES string of the molecule is O=C(Nc1cccc(N2CCCS2(=O)=O)c1)C1CSCN1. The maximum atomic E-state index is 12.1. The Hall–Kier alpha value is -1.25. The standard InChI is InChI=1S/C13H17N3O3S2/c17-13(12-8-20-9-14-12)15-10-3-1-4-11(7-10)16-5-2-6-21(16,18)19/h1,3-4,7,12,14H,2,5-6,8-9H2,(H,15,17). The molecule has 114 valence electrons. The Morgan fingerprint density at radius 2 is 2.29 bits per heavy atom. The fourth-order valence-electron chi connectivity index (χ4n) is 2.46. The van der Waals surface area contributed by atoms with Crippen molar-refractivity contribution in [3.05, 3.63) is 24.3 Å². The molecule has 2 saturated heterocycles. The molecule has 2 aliphatic rings. The molecule has 2 N–H and O–H groups in total. The summed E-state index contributed by atoms with van der Waals surface area (Å²) in [4.78, 5) is 12.1. The zero-order valence-electron chi connectivity index (χ0n) is 11.4. The van der Waals surface area contributed by atoms with Crippen molar-refractivity contribution in [3.8, 4) is 0 Å². The third-order valence-electron chi connectivity index (χ3n) is 3.53. The van der Waals surface area contributed by atoms with Crippen molar-refractivity contribution in [2.24, 2.45) is 0 Å². The summed E-state index contributed by atoms with van der Waals surface area (Å²) in [6, 6.07) is 6.81. The minimum atomic E-state index is -3.20. The zero-order valence-corrected chi connectivity index (χ0v) is 13.0. The number of rotatable bonds is 3. The number of anilines is 2. The third-order valence-corrected chi connectivity index (χ3v) is 6.34. The molecule has 6 nitrogen and oxygen atoms in total. The molecular formula is C13H17N3O3S2. The van der Waals surface area contributed by atoms with E-state index in [9.17, 15) is 13.2 Å². The number of sulfonamides is 1. The van der Waals surface area contributed by atoms with Crippen molar-refractivity contribution in [1.82, 2.24) is 5.32 Å². The molecule has 0 bridgehead atoms. The molecule has 0 aliphatic carbocycles. The van der Waals surface area contributed by atoms with Gasteiger partial charge in [0.1, 0.15) is 0 Å². The summed E-state index contributed by atoms with van der Waals surface area (Å²) in [5.41, 5.74) is 1.23. The molecule has 8 heteroatoms. The van der Waals surface area contributed by atoms with Crippen LogP contribution in [0.1, 0.15) is 6.42 Å². The second-order valence-corrected chi connectivity index (χ2v) is 8.10. The number of benzene rings is 1. The molecule has 0 spiro atoms. The van der Waals surface area contributed by atoms with Crippen LogP contribution in [0.3, 0.4) is 0 Å². The number of carbonyl (C=O) groups excluding carboxylic acids is 1. The van der Waals surface area contributed by atoms with Gasteiger partial charge < -0.3 is 5.32 Å². The molecule has 2 heterocycles. The van der Waals surface area contributed by atoms with E-state index in [-0.39, 0.29) is 17.7 Å². The van der Waals surface area contributed by atoms with Crippen LogP contribution in [0.2, 0.25) is 0 Å². The van der Waals surface area contributed by atoms with Gasteiger partial charge in [-0.1, -0.05) is 6.07 Å². The van der Waals surface area contributed by atoms with E-state index in [0.717, 1.165) is 11.6 Å². The smallest absolute Gasteiger partial charge is 0.242 e. The highest BCUT2D eigenvalue weighted by molar-refractivity contribution is 7.99. The first-order valence-corrected chi connectivity index (χ1v) is 9.55. The minimum absolute atomic E-state index is 0.0820. The fourth-order valence-corrected chi connectivity index (χ4v) is 4.96. The summed E-state index contributed by atoms with van der Waals surface area (Å²) >= 11 is 1.68. The van der Waals surface area contributed by atoms with Gasteiger partial charge in [-0.15, -0.1) is 11.8 Å². The summed E-state index contributed by atoms with van der Waals surface area (Å²) in [6.07, 6.45) is 0.641. The zero-order chi connectivity index (χ0) is 14.9. The Labute approximate surface area is 128 Å². The Morgan fingerprint density at radius 3 is 2.95 bits per heavy atom. The van der Waals surface area contributed by atoms with Crippen molar-refractivity contribution in [2.75, 3.05) is 33.5 Å². The molecule has 1 amide bonds. The van der Waals surface area contributed by atoms with Gasteiger partial charge in [-0.2, -0.15) is 0 Å². The van der Waals surface area contributed by atoms with Gasteiger partial charge in [0.15, 0.2) is 0 Å². The molecule has 0 saturated carbocycles. The first-order valence-electron chi connectivity index (χ1n) is 6.79. The Balaban J connectivity index is 1.75. The summed E-state index contributed by atoms with van der Waals surface area (Å²) in [5.74, 6) is 1.64. The molecular weight excluding hydrogens is 310 g/mol. The highest BCUT2D eigenvalue weighted by Crippen LogP contribution is 2.26. The summed E-state index contributed by atoms with van der Waals surface area (Å²) in [5, 5.41) is 5.94.